The van der Waals surface area contributed by atoms with Gasteiger partial charge in [0.2, 0.25) is 5.91 Å². The number of amides is 3. The van der Waals surface area contributed by atoms with Crippen LogP contribution in [0.25, 0.3) is 11.1 Å². The smallest absolute Gasteiger partial charge is 0.253 e. The van der Waals surface area contributed by atoms with Crippen LogP contribution in [0.4, 0.5) is 8.78 Å². The van der Waals surface area contributed by atoms with Gasteiger partial charge in [0.05, 0.1) is 11.8 Å². The zero-order valence-corrected chi connectivity index (χ0v) is 30.7. The van der Waals surface area contributed by atoms with Crippen LogP contribution in [0.15, 0.2) is 72.9 Å². The summed E-state index contributed by atoms with van der Waals surface area (Å²) < 4.78 is 31.4. The summed E-state index contributed by atoms with van der Waals surface area (Å²) in [5, 5.41) is 0. The maximum absolute atomic E-state index is 15.0. The van der Waals surface area contributed by atoms with Gasteiger partial charge < -0.3 is 15.2 Å². The van der Waals surface area contributed by atoms with Crippen molar-refractivity contribution in [1.82, 2.24) is 14.4 Å². The van der Waals surface area contributed by atoms with Crippen LogP contribution >= 0.6 is 11.8 Å². The van der Waals surface area contributed by atoms with Gasteiger partial charge in [-0.25, -0.2) is 8.78 Å². The van der Waals surface area contributed by atoms with E-state index in [1.54, 1.807) is 11.8 Å². The summed E-state index contributed by atoms with van der Waals surface area (Å²) in [6, 6.07) is 14.8. The molecule has 0 fully saturated rings. The van der Waals surface area contributed by atoms with Crippen molar-refractivity contribution >= 4 is 35.3 Å². The average Bonchev–Trinajstić information content (AvgIpc) is 3.64. The van der Waals surface area contributed by atoms with E-state index in [1.165, 1.54) is 18.2 Å². The third-order valence-electron chi connectivity index (χ3n) is 8.91. The third kappa shape index (κ3) is 11.5. The molecular weight excluding hydrogens is 671 g/mol. The first-order valence-corrected chi connectivity index (χ1v) is 18.9. The molecule has 11 heteroatoms. The Hall–Kier alpha value is -4.09. The summed E-state index contributed by atoms with van der Waals surface area (Å²) in [6.07, 6.45) is 8.67. The van der Waals surface area contributed by atoms with E-state index >= 15 is 4.39 Å². The summed E-state index contributed by atoms with van der Waals surface area (Å²) in [6.45, 7) is 7.87. The van der Waals surface area contributed by atoms with E-state index < -0.39 is 17.0 Å². The second kappa shape index (κ2) is 18.9. The lowest BCUT2D eigenvalue weighted by atomic mass is 9.83. The van der Waals surface area contributed by atoms with Gasteiger partial charge in [-0.05, 0) is 73.2 Å². The number of halogens is 2. The van der Waals surface area contributed by atoms with Crippen LogP contribution in [0.5, 0.6) is 0 Å². The van der Waals surface area contributed by atoms with Gasteiger partial charge >= 0.3 is 0 Å². The quantitative estimate of drug-likeness (QED) is 0.0970. The Morgan fingerprint density at radius 3 is 2.29 bits per heavy atom. The Labute approximate surface area is 304 Å². The number of rotatable bonds is 20. The van der Waals surface area contributed by atoms with Crippen LogP contribution in [0.3, 0.4) is 0 Å². The number of hydrogen-bond acceptors (Lipinski definition) is 6. The first-order valence-electron chi connectivity index (χ1n) is 17.7. The van der Waals surface area contributed by atoms with Gasteiger partial charge in [0.15, 0.2) is 0 Å². The van der Waals surface area contributed by atoms with Gasteiger partial charge in [0.25, 0.3) is 11.8 Å². The van der Waals surface area contributed by atoms with Gasteiger partial charge in [-0.3, -0.25) is 24.1 Å². The fraction of sp³-hybridized carbons (Fsp3) is 0.450. The highest BCUT2D eigenvalue weighted by Gasteiger charge is 2.37. The molecule has 2 aromatic carbocycles. The highest BCUT2D eigenvalue weighted by atomic mass is 32.2. The molecule has 0 unspecified atom stereocenters. The minimum absolute atomic E-state index is 0.0142. The lowest BCUT2D eigenvalue weighted by Crippen LogP contribution is -2.44. The largest absolute Gasteiger partial charge is 0.344 e. The van der Waals surface area contributed by atoms with Crippen molar-refractivity contribution in [2.45, 2.75) is 78.3 Å². The number of nitrogens with zero attached hydrogens (tertiary/aromatic N) is 3. The number of carbonyl (C=O) groups is 4. The van der Waals surface area contributed by atoms with Crippen LogP contribution < -0.4 is 5.73 Å². The number of nitrogens with two attached hydrogens (primary N) is 1. The molecule has 0 spiro atoms. The van der Waals surface area contributed by atoms with Crippen LogP contribution in [0.1, 0.15) is 83.0 Å². The summed E-state index contributed by atoms with van der Waals surface area (Å²) in [5.41, 5.74) is 8.11. The summed E-state index contributed by atoms with van der Waals surface area (Å²) >= 11 is 1.57. The molecule has 1 aromatic heterocycles. The highest BCUT2D eigenvalue weighted by molar-refractivity contribution is 7.99. The molecule has 3 aromatic rings. The van der Waals surface area contributed by atoms with Crippen molar-refractivity contribution < 1.29 is 28.0 Å². The molecule has 2 heterocycles. The molecule has 0 bridgehead atoms. The monoisotopic (exact) mass is 720 g/mol. The van der Waals surface area contributed by atoms with E-state index in [0.717, 1.165) is 53.3 Å². The number of unbranched alkanes of at least 4 members (excludes halogenated alkanes) is 2. The highest BCUT2D eigenvalue weighted by Crippen LogP contribution is 2.41. The molecule has 0 saturated carbocycles. The maximum atomic E-state index is 15.0. The van der Waals surface area contributed by atoms with Crippen LogP contribution in [0.2, 0.25) is 0 Å². The number of aromatic nitrogens is 1. The van der Waals surface area contributed by atoms with Gasteiger partial charge in [-0.15, -0.1) is 0 Å². The summed E-state index contributed by atoms with van der Waals surface area (Å²) in [4.78, 5) is 52.7. The zero-order valence-electron chi connectivity index (χ0n) is 29.9. The zero-order chi connectivity index (χ0) is 37.0. The molecule has 0 saturated heterocycles. The van der Waals surface area contributed by atoms with Gasteiger partial charge in [-0.2, -0.15) is 11.8 Å². The number of thioether (sulfide) groups is 1. The molecule has 1 aliphatic heterocycles. The number of Topliss-reactive ketones (excluding diaryl/α,β-unsaturated/α-hetero) is 1. The maximum Gasteiger partial charge on any atom is 0.253 e. The molecule has 51 heavy (non-hydrogen) atoms. The Balaban J connectivity index is 1.40. The van der Waals surface area contributed by atoms with E-state index in [-0.39, 0.29) is 47.4 Å². The second-order valence-electron chi connectivity index (χ2n) is 14.1. The fourth-order valence-electron chi connectivity index (χ4n) is 6.43. The van der Waals surface area contributed by atoms with Crippen molar-refractivity contribution in [3.8, 4) is 11.1 Å². The molecule has 0 radical (unpaired) electrons. The molecule has 2 N–H and O–H groups in total. The lowest BCUT2D eigenvalue weighted by molar-refractivity contribution is -0.137. The molecule has 3 amide bonds. The van der Waals surface area contributed by atoms with Crippen LogP contribution in [0, 0.1) is 17.0 Å². The van der Waals surface area contributed by atoms with E-state index in [9.17, 15) is 23.6 Å². The fourth-order valence-corrected chi connectivity index (χ4v) is 7.32. The number of benzene rings is 2. The van der Waals surface area contributed by atoms with Crippen molar-refractivity contribution in [3.63, 3.8) is 0 Å². The topological polar surface area (TPSA) is 106 Å². The van der Waals surface area contributed by atoms with E-state index in [4.69, 9.17) is 5.73 Å². The SMILES string of the molecule is CC(C)(C)[C@H](c1cc(-c2cc(F)ccc2F)cn1Cc1ccccc1)N(CCCN)C(=O)CSCCCCCC(=O)CCCN1C(=O)C=CC1=O. The minimum Gasteiger partial charge on any atom is -0.344 e. The Bertz CT molecular complexity index is 1670. The Kier molecular flexibility index (Phi) is 14.7. The normalized spacial score (nSPS) is 13.6. The van der Waals surface area contributed by atoms with Gasteiger partial charge in [-0.1, -0.05) is 57.5 Å². The first kappa shape index (κ1) is 39.7. The molecule has 0 aliphatic carbocycles. The summed E-state index contributed by atoms with van der Waals surface area (Å²) in [7, 11) is 0. The Morgan fingerprint density at radius 2 is 1.61 bits per heavy atom. The van der Waals surface area contributed by atoms with E-state index in [1.807, 2.05) is 52.1 Å². The molecule has 274 valence electrons. The van der Waals surface area contributed by atoms with Crippen molar-refractivity contribution in [1.29, 1.82) is 0 Å². The minimum atomic E-state index is -0.525. The van der Waals surface area contributed by atoms with Gasteiger partial charge in [0, 0.05) is 67.6 Å². The van der Waals surface area contributed by atoms with Crippen LogP contribution in [-0.2, 0) is 25.7 Å². The predicted octanol–water partition coefficient (Wildman–Crippen LogP) is 7.31. The first-order chi connectivity index (χ1) is 24.4. The number of carbonyl (C=O) groups excluding carboxylic acids is 4. The number of ketones is 1. The number of hydrogen-bond donors (Lipinski definition) is 1. The molecule has 4 rings (SSSR count). The van der Waals surface area contributed by atoms with E-state index in [2.05, 4.69) is 20.8 Å². The number of imide groups is 1. The molecular formula is C40H50F2N4O4S. The predicted molar refractivity (Wildman–Crippen MR) is 199 cm³/mol. The Morgan fingerprint density at radius 1 is 0.902 bits per heavy atom. The molecule has 1 aliphatic rings. The standard InChI is InChI=1S/C40H50F2N4O4S/c1-40(2,3)39(35-24-30(33-25-31(41)16-17-34(33)42)27-44(35)26-29-12-6-4-7-13-29)46(22-11-20-43)38(50)28-51-23-9-5-8-14-32(47)15-10-21-45-36(48)18-19-37(45)49/h4,6-7,12-13,16-19,24-25,27,39H,5,8-11,14-15,20-23,26,28,43H2,1-3H3/t39-/m0/s1. The average molecular weight is 721 g/mol. The van der Waals surface area contributed by atoms with Crippen LogP contribution in [-0.4, -0.2) is 69.0 Å². The molecule has 1 atom stereocenters. The van der Waals surface area contributed by atoms with Crippen molar-refractivity contribution in [2.24, 2.45) is 11.1 Å². The van der Waals surface area contributed by atoms with E-state index in [0.29, 0.717) is 50.9 Å². The van der Waals surface area contributed by atoms with Crippen molar-refractivity contribution in [3.05, 3.63) is 95.8 Å². The lowest BCUT2D eigenvalue weighted by Gasteiger charge is -2.41. The third-order valence-corrected chi connectivity index (χ3v) is 9.94. The van der Waals surface area contributed by atoms with Crippen molar-refractivity contribution in [2.75, 3.05) is 31.1 Å². The molecule has 8 nitrogen and oxygen atoms in total. The summed E-state index contributed by atoms with van der Waals surface area (Å²) in [5.74, 6) is -0.548. The van der Waals surface area contributed by atoms with Gasteiger partial charge in [0.1, 0.15) is 17.4 Å². The second-order valence-corrected chi connectivity index (χ2v) is 15.2.